The van der Waals surface area contributed by atoms with Crippen molar-refractivity contribution in [1.29, 1.82) is 0 Å². The van der Waals surface area contributed by atoms with E-state index < -0.39 is 5.60 Å². The van der Waals surface area contributed by atoms with Gasteiger partial charge in [-0.05, 0) is 45.4 Å². The average molecular weight is 243 g/mol. The Bertz CT molecular complexity index is 252. The van der Waals surface area contributed by atoms with Crippen LogP contribution in [0, 0.1) is 5.41 Å². The van der Waals surface area contributed by atoms with E-state index in [1.54, 1.807) is 0 Å². The molecule has 0 saturated carbocycles. The van der Waals surface area contributed by atoms with E-state index in [0.29, 0.717) is 6.54 Å². The van der Waals surface area contributed by atoms with Gasteiger partial charge in [0, 0.05) is 19.8 Å². The number of nitrogens with one attached hydrogen (secondary N) is 1. The zero-order valence-electron chi connectivity index (χ0n) is 11.5. The highest BCUT2D eigenvalue weighted by Crippen LogP contribution is 2.33. The van der Waals surface area contributed by atoms with E-state index in [1.807, 2.05) is 20.8 Å². The molecule has 1 rings (SSSR count). The van der Waals surface area contributed by atoms with Gasteiger partial charge < -0.3 is 14.8 Å². The maximum Gasteiger partial charge on any atom is 0.407 e. The van der Waals surface area contributed by atoms with Crippen molar-refractivity contribution in [3.8, 4) is 0 Å². The van der Waals surface area contributed by atoms with Crippen molar-refractivity contribution < 1.29 is 14.3 Å². The second-order valence-electron chi connectivity index (χ2n) is 5.82. The Morgan fingerprint density at radius 3 is 2.41 bits per heavy atom. The molecule has 0 spiro atoms. The van der Waals surface area contributed by atoms with Crippen LogP contribution in [0.1, 0.15) is 47.0 Å². The number of carbonyl (C=O) groups excluding carboxylic acids is 1. The molecule has 1 aliphatic rings. The van der Waals surface area contributed by atoms with Gasteiger partial charge in [-0.2, -0.15) is 0 Å². The highest BCUT2D eigenvalue weighted by atomic mass is 16.6. The number of amides is 1. The normalized spacial score (nSPS) is 19.8. The summed E-state index contributed by atoms with van der Waals surface area (Å²) >= 11 is 0. The molecule has 17 heavy (non-hydrogen) atoms. The number of carbonyl (C=O) groups is 1. The topological polar surface area (TPSA) is 47.6 Å². The molecule has 0 radical (unpaired) electrons. The van der Waals surface area contributed by atoms with E-state index in [0.717, 1.165) is 32.5 Å². The van der Waals surface area contributed by atoms with Gasteiger partial charge in [0.15, 0.2) is 0 Å². The third-order valence-corrected chi connectivity index (χ3v) is 3.31. The van der Waals surface area contributed by atoms with Crippen LogP contribution in [0.25, 0.3) is 0 Å². The van der Waals surface area contributed by atoms with Gasteiger partial charge in [-0.15, -0.1) is 0 Å². The lowest BCUT2D eigenvalue weighted by molar-refractivity contribution is 0.00811. The SMILES string of the molecule is CCC1(CNC(=O)OC(C)(C)C)CCOCC1. The summed E-state index contributed by atoms with van der Waals surface area (Å²) in [4.78, 5) is 11.6. The van der Waals surface area contributed by atoms with Crippen molar-refractivity contribution in [2.24, 2.45) is 5.41 Å². The van der Waals surface area contributed by atoms with Gasteiger partial charge in [-0.25, -0.2) is 4.79 Å². The van der Waals surface area contributed by atoms with Crippen LogP contribution in [0.3, 0.4) is 0 Å². The lowest BCUT2D eigenvalue weighted by Crippen LogP contribution is -2.42. The van der Waals surface area contributed by atoms with Crippen LogP contribution in [0.15, 0.2) is 0 Å². The lowest BCUT2D eigenvalue weighted by Gasteiger charge is -2.36. The maximum absolute atomic E-state index is 11.6. The average Bonchev–Trinajstić information content (AvgIpc) is 2.25. The van der Waals surface area contributed by atoms with Crippen molar-refractivity contribution >= 4 is 6.09 Å². The Labute approximate surface area is 104 Å². The molecule has 1 heterocycles. The van der Waals surface area contributed by atoms with Gasteiger partial charge >= 0.3 is 6.09 Å². The van der Waals surface area contributed by atoms with Gasteiger partial charge in [-0.1, -0.05) is 6.92 Å². The molecule has 0 unspecified atom stereocenters. The van der Waals surface area contributed by atoms with Gasteiger partial charge in [0.1, 0.15) is 5.60 Å². The molecule has 0 aromatic carbocycles. The Kier molecular flexibility index (Phi) is 4.80. The van der Waals surface area contributed by atoms with Crippen LogP contribution in [-0.2, 0) is 9.47 Å². The van der Waals surface area contributed by atoms with Crippen LogP contribution < -0.4 is 5.32 Å². The Hall–Kier alpha value is -0.770. The molecule has 4 heteroatoms. The van der Waals surface area contributed by atoms with Crippen molar-refractivity contribution in [2.75, 3.05) is 19.8 Å². The van der Waals surface area contributed by atoms with Crippen molar-refractivity contribution in [3.63, 3.8) is 0 Å². The second kappa shape index (κ2) is 5.71. The molecule has 4 nitrogen and oxygen atoms in total. The predicted molar refractivity (Wildman–Crippen MR) is 67.0 cm³/mol. The number of hydrogen-bond acceptors (Lipinski definition) is 3. The van der Waals surface area contributed by atoms with E-state index in [-0.39, 0.29) is 11.5 Å². The summed E-state index contributed by atoms with van der Waals surface area (Å²) in [6, 6.07) is 0. The first-order chi connectivity index (χ1) is 7.87. The molecule has 1 amide bonds. The number of rotatable bonds is 3. The monoisotopic (exact) mass is 243 g/mol. The molecular formula is C13H25NO3. The first-order valence-electron chi connectivity index (χ1n) is 6.41. The summed E-state index contributed by atoms with van der Waals surface area (Å²) in [7, 11) is 0. The summed E-state index contributed by atoms with van der Waals surface area (Å²) in [6.07, 6.45) is 2.77. The summed E-state index contributed by atoms with van der Waals surface area (Å²) in [5, 5.41) is 2.88. The standard InChI is InChI=1S/C13H25NO3/c1-5-13(6-8-16-9-7-13)10-14-11(15)17-12(2,3)4/h5-10H2,1-4H3,(H,14,15). The lowest BCUT2D eigenvalue weighted by atomic mass is 9.78. The van der Waals surface area contributed by atoms with E-state index in [9.17, 15) is 4.79 Å². The molecule has 0 aromatic heterocycles. The van der Waals surface area contributed by atoms with Gasteiger partial charge in [0.2, 0.25) is 0 Å². The molecule has 0 atom stereocenters. The minimum atomic E-state index is -0.431. The summed E-state index contributed by atoms with van der Waals surface area (Å²) < 4.78 is 10.6. The van der Waals surface area contributed by atoms with E-state index in [1.165, 1.54) is 0 Å². The third-order valence-electron chi connectivity index (χ3n) is 3.31. The highest BCUT2D eigenvalue weighted by molar-refractivity contribution is 5.67. The smallest absolute Gasteiger partial charge is 0.407 e. The molecular weight excluding hydrogens is 218 g/mol. The molecule has 1 fully saturated rings. The molecule has 0 bridgehead atoms. The van der Waals surface area contributed by atoms with Gasteiger partial charge in [0.25, 0.3) is 0 Å². The highest BCUT2D eigenvalue weighted by Gasteiger charge is 2.31. The Morgan fingerprint density at radius 1 is 1.35 bits per heavy atom. The van der Waals surface area contributed by atoms with Crippen molar-refractivity contribution in [2.45, 2.75) is 52.6 Å². The fourth-order valence-electron chi connectivity index (χ4n) is 2.03. The number of hydrogen-bond donors (Lipinski definition) is 1. The maximum atomic E-state index is 11.6. The minimum Gasteiger partial charge on any atom is -0.444 e. The summed E-state index contributed by atoms with van der Waals surface area (Å²) in [5.41, 5.74) is -0.242. The quantitative estimate of drug-likeness (QED) is 0.829. The minimum absolute atomic E-state index is 0.190. The van der Waals surface area contributed by atoms with Crippen molar-refractivity contribution in [3.05, 3.63) is 0 Å². The second-order valence-corrected chi connectivity index (χ2v) is 5.82. The van der Waals surface area contributed by atoms with Gasteiger partial charge in [-0.3, -0.25) is 0 Å². The van der Waals surface area contributed by atoms with Crippen LogP contribution >= 0.6 is 0 Å². The molecule has 0 aromatic rings. The first kappa shape index (κ1) is 14.3. The van der Waals surface area contributed by atoms with Crippen molar-refractivity contribution in [1.82, 2.24) is 5.32 Å². The van der Waals surface area contributed by atoms with Crippen LogP contribution in [0.5, 0.6) is 0 Å². The molecule has 1 N–H and O–H groups in total. The van der Waals surface area contributed by atoms with E-state index in [2.05, 4.69) is 12.2 Å². The molecule has 0 aliphatic carbocycles. The fourth-order valence-corrected chi connectivity index (χ4v) is 2.03. The largest absolute Gasteiger partial charge is 0.444 e. The zero-order valence-corrected chi connectivity index (χ0v) is 11.5. The third kappa shape index (κ3) is 4.94. The van der Waals surface area contributed by atoms with E-state index in [4.69, 9.17) is 9.47 Å². The Balaban J connectivity index is 2.39. The van der Waals surface area contributed by atoms with Crippen LogP contribution in [0.2, 0.25) is 0 Å². The molecule has 1 aliphatic heterocycles. The summed E-state index contributed by atoms with van der Waals surface area (Å²) in [5.74, 6) is 0. The number of ether oxygens (including phenoxy) is 2. The van der Waals surface area contributed by atoms with Crippen LogP contribution in [0.4, 0.5) is 4.79 Å². The first-order valence-corrected chi connectivity index (χ1v) is 6.41. The predicted octanol–water partition coefficient (Wildman–Crippen LogP) is 2.72. The Morgan fingerprint density at radius 2 is 1.94 bits per heavy atom. The molecule has 1 saturated heterocycles. The zero-order chi connectivity index (χ0) is 12.9. The fraction of sp³-hybridized carbons (Fsp3) is 0.923. The molecule has 100 valence electrons. The van der Waals surface area contributed by atoms with Gasteiger partial charge in [0.05, 0.1) is 0 Å². The van der Waals surface area contributed by atoms with Crippen LogP contribution in [-0.4, -0.2) is 31.5 Å². The summed E-state index contributed by atoms with van der Waals surface area (Å²) in [6.45, 7) is 10.1. The number of alkyl carbamates (subject to hydrolysis) is 1. The van der Waals surface area contributed by atoms with E-state index >= 15 is 0 Å².